The van der Waals surface area contributed by atoms with Gasteiger partial charge in [-0.25, -0.2) is 4.68 Å². The Hall–Kier alpha value is -1.10. The van der Waals surface area contributed by atoms with E-state index in [4.69, 9.17) is 0 Å². The summed E-state index contributed by atoms with van der Waals surface area (Å²) >= 11 is 3.29. The molecule has 0 radical (unpaired) electrons. The first-order valence-corrected chi connectivity index (χ1v) is 6.61. The molecule has 1 aromatic rings. The summed E-state index contributed by atoms with van der Waals surface area (Å²) in [7, 11) is 1.64. The van der Waals surface area contributed by atoms with E-state index in [1.54, 1.807) is 13.2 Å². The lowest BCUT2D eigenvalue weighted by atomic mass is 10.2. The highest BCUT2D eigenvalue weighted by Gasteiger charge is 2.07. The number of halogens is 1. The zero-order valence-electron chi connectivity index (χ0n) is 9.87. The summed E-state index contributed by atoms with van der Waals surface area (Å²) in [5.74, 6) is 0. The molecule has 17 heavy (non-hydrogen) atoms. The average molecular weight is 298 g/mol. The lowest BCUT2D eigenvalue weighted by molar-refractivity contribution is 0.703. The Morgan fingerprint density at radius 1 is 1.59 bits per heavy atom. The maximum absolute atomic E-state index is 11.6. The molecular weight excluding hydrogens is 282 g/mol. The number of nitrogens with one attached hydrogen (secondary N) is 1. The van der Waals surface area contributed by atoms with Crippen molar-refractivity contribution in [3.05, 3.63) is 32.7 Å². The summed E-state index contributed by atoms with van der Waals surface area (Å²) in [5, 5.41) is 7.23. The van der Waals surface area contributed by atoms with E-state index in [9.17, 15) is 4.79 Å². The highest BCUT2D eigenvalue weighted by molar-refractivity contribution is 9.10. The van der Waals surface area contributed by atoms with Gasteiger partial charge in [-0.05, 0) is 41.6 Å². The van der Waals surface area contributed by atoms with Gasteiger partial charge in [-0.1, -0.05) is 11.6 Å². The summed E-state index contributed by atoms with van der Waals surface area (Å²) in [5.41, 5.74) is 2.17. The van der Waals surface area contributed by atoms with Crippen molar-refractivity contribution in [1.29, 1.82) is 0 Å². The van der Waals surface area contributed by atoms with E-state index in [-0.39, 0.29) is 5.56 Å². The Bertz CT molecular complexity index is 493. The van der Waals surface area contributed by atoms with Gasteiger partial charge < -0.3 is 5.32 Å². The smallest absolute Gasteiger partial charge is 0.282 e. The monoisotopic (exact) mass is 297 g/mol. The van der Waals surface area contributed by atoms with Gasteiger partial charge in [-0.15, -0.1) is 0 Å². The summed E-state index contributed by atoms with van der Waals surface area (Å²) in [6, 6.07) is 0. The fourth-order valence-corrected chi connectivity index (χ4v) is 2.46. The topological polar surface area (TPSA) is 46.9 Å². The van der Waals surface area contributed by atoms with Crippen LogP contribution in [0.15, 0.2) is 27.1 Å². The van der Waals surface area contributed by atoms with Gasteiger partial charge in [-0.2, -0.15) is 5.10 Å². The van der Waals surface area contributed by atoms with Gasteiger partial charge in [0.2, 0.25) is 0 Å². The minimum absolute atomic E-state index is 0.116. The van der Waals surface area contributed by atoms with Crippen LogP contribution in [0.5, 0.6) is 0 Å². The molecule has 2 rings (SSSR count). The van der Waals surface area contributed by atoms with Gasteiger partial charge in [0.1, 0.15) is 4.47 Å². The zero-order valence-corrected chi connectivity index (χ0v) is 11.5. The summed E-state index contributed by atoms with van der Waals surface area (Å²) < 4.78 is 1.87. The molecule has 1 N–H and O–H groups in total. The molecule has 0 unspecified atom stereocenters. The molecule has 1 heterocycles. The molecule has 0 atom stereocenters. The minimum Gasteiger partial charge on any atom is -0.382 e. The number of aromatic nitrogens is 2. The molecule has 0 saturated carbocycles. The van der Waals surface area contributed by atoms with E-state index in [0.29, 0.717) is 4.47 Å². The van der Waals surface area contributed by atoms with Crippen LogP contribution in [-0.4, -0.2) is 16.3 Å². The quantitative estimate of drug-likeness (QED) is 0.869. The van der Waals surface area contributed by atoms with Crippen LogP contribution in [0.2, 0.25) is 0 Å². The molecule has 0 saturated heterocycles. The van der Waals surface area contributed by atoms with Crippen molar-refractivity contribution in [1.82, 2.24) is 9.78 Å². The van der Waals surface area contributed by atoms with Crippen LogP contribution < -0.4 is 10.9 Å². The fourth-order valence-electron chi connectivity index (χ4n) is 1.96. The second-order valence-corrected chi connectivity index (χ2v) is 5.03. The Morgan fingerprint density at radius 2 is 2.41 bits per heavy atom. The van der Waals surface area contributed by atoms with Crippen LogP contribution in [0.4, 0.5) is 5.69 Å². The molecule has 92 valence electrons. The maximum atomic E-state index is 11.6. The predicted molar refractivity (Wildman–Crippen MR) is 72.2 cm³/mol. The number of anilines is 1. The first-order valence-electron chi connectivity index (χ1n) is 5.82. The number of allylic oxidation sites excluding steroid dienone is 1. The van der Waals surface area contributed by atoms with Crippen LogP contribution in [0.25, 0.3) is 0 Å². The van der Waals surface area contributed by atoms with Crippen molar-refractivity contribution in [3.8, 4) is 0 Å². The second kappa shape index (κ2) is 5.49. The van der Waals surface area contributed by atoms with Gasteiger partial charge >= 0.3 is 0 Å². The Labute approximate surface area is 109 Å². The van der Waals surface area contributed by atoms with Gasteiger partial charge in [0, 0.05) is 13.6 Å². The fraction of sp³-hybridized carbons (Fsp3) is 0.500. The normalized spacial score (nSPS) is 14.8. The molecule has 0 aromatic carbocycles. The first kappa shape index (κ1) is 12.4. The minimum atomic E-state index is -0.116. The molecule has 1 aliphatic rings. The van der Waals surface area contributed by atoms with E-state index >= 15 is 0 Å². The van der Waals surface area contributed by atoms with Crippen molar-refractivity contribution in [2.45, 2.75) is 25.7 Å². The molecule has 0 amide bonds. The lowest BCUT2D eigenvalue weighted by Gasteiger charge is -2.08. The molecule has 0 spiro atoms. The number of aryl methyl sites for hydroxylation is 1. The van der Waals surface area contributed by atoms with E-state index in [1.807, 2.05) is 0 Å². The van der Waals surface area contributed by atoms with Gasteiger partial charge in [0.05, 0.1) is 11.9 Å². The SMILES string of the molecule is Cn1ncc(NCCC2=CCCC2)c(Br)c1=O. The summed E-state index contributed by atoms with van der Waals surface area (Å²) in [6.07, 6.45) is 8.76. The standard InChI is InChI=1S/C12H16BrN3O/c1-16-12(17)11(13)10(8-15-16)14-7-6-9-4-2-3-5-9/h4,8,14H,2-3,5-7H2,1H3. The van der Waals surface area contributed by atoms with Crippen LogP contribution in [0.3, 0.4) is 0 Å². The molecule has 0 fully saturated rings. The van der Waals surface area contributed by atoms with E-state index < -0.39 is 0 Å². The Kier molecular flexibility index (Phi) is 3.99. The Balaban J connectivity index is 1.95. The zero-order chi connectivity index (χ0) is 12.3. The second-order valence-electron chi connectivity index (χ2n) is 4.23. The third-order valence-corrected chi connectivity index (χ3v) is 3.74. The van der Waals surface area contributed by atoms with Crippen molar-refractivity contribution in [2.24, 2.45) is 7.05 Å². The number of rotatable bonds is 4. The number of nitrogens with zero attached hydrogens (tertiary/aromatic N) is 2. The predicted octanol–water partition coefficient (Wildman–Crippen LogP) is 2.46. The molecule has 1 aromatic heterocycles. The first-order chi connectivity index (χ1) is 8.18. The van der Waals surface area contributed by atoms with Gasteiger partial charge in [0.15, 0.2) is 0 Å². The maximum Gasteiger partial charge on any atom is 0.282 e. The summed E-state index contributed by atoms with van der Waals surface area (Å²) in [6.45, 7) is 0.847. The van der Waals surface area contributed by atoms with E-state index in [1.165, 1.54) is 29.5 Å². The molecular formula is C12H16BrN3O. The van der Waals surface area contributed by atoms with Gasteiger partial charge in [0.25, 0.3) is 5.56 Å². The number of hydrogen-bond acceptors (Lipinski definition) is 3. The number of hydrogen-bond donors (Lipinski definition) is 1. The highest BCUT2D eigenvalue weighted by Crippen LogP contribution is 2.21. The van der Waals surface area contributed by atoms with Crippen LogP contribution >= 0.6 is 15.9 Å². The van der Waals surface area contributed by atoms with E-state index in [2.05, 4.69) is 32.4 Å². The molecule has 5 heteroatoms. The van der Waals surface area contributed by atoms with Gasteiger partial charge in [-0.3, -0.25) is 4.79 Å². The lowest BCUT2D eigenvalue weighted by Crippen LogP contribution is -2.21. The molecule has 0 aliphatic heterocycles. The van der Waals surface area contributed by atoms with E-state index in [0.717, 1.165) is 18.7 Å². The van der Waals surface area contributed by atoms with Crippen LogP contribution in [-0.2, 0) is 7.05 Å². The molecule has 4 nitrogen and oxygen atoms in total. The molecule has 1 aliphatic carbocycles. The molecule has 0 bridgehead atoms. The third kappa shape index (κ3) is 2.97. The van der Waals surface area contributed by atoms with Crippen molar-refractivity contribution in [2.75, 3.05) is 11.9 Å². The van der Waals surface area contributed by atoms with Crippen molar-refractivity contribution >= 4 is 21.6 Å². The highest BCUT2D eigenvalue weighted by atomic mass is 79.9. The summed E-state index contributed by atoms with van der Waals surface area (Å²) in [4.78, 5) is 11.6. The van der Waals surface area contributed by atoms with Crippen LogP contribution in [0, 0.1) is 0 Å². The Morgan fingerprint density at radius 3 is 3.12 bits per heavy atom. The van der Waals surface area contributed by atoms with Crippen molar-refractivity contribution in [3.63, 3.8) is 0 Å². The van der Waals surface area contributed by atoms with Crippen LogP contribution in [0.1, 0.15) is 25.7 Å². The van der Waals surface area contributed by atoms with Crippen molar-refractivity contribution < 1.29 is 0 Å². The average Bonchev–Trinajstić information content (AvgIpc) is 2.82. The largest absolute Gasteiger partial charge is 0.382 e. The third-order valence-electron chi connectivity index (χ3n) is 2.97.